The van der Waals surface area contributed by atoms with E-state index in [9.17, 15) is 0 Å². The van der Waals surface area contributed by atoms with Gasteiger partial charge in [0.2, 0.25) is 0 Å². The van der Waals surface area contributed by atoms with Crippen molar-refractivity contribution in [3.63, 3.8) is 0 Å². The molecule has 0 saturated heterocycles. The SMILES string of the molecule is CCOC(C)C(C)(Cl)Cl. The largest absolute Gasteiger partial charge is 0.376 e. The zero-order valence-electron chi connectivity index (χ0n) is 5.95. The quantitative estimate of drug-likeness (QED) is 0.593. The summed E-state index contributed by atoms with van der Waals surface area (Å²) in [6.45, 7) is 6.13. The fourth-order valence-corrected chi connectivity index (χ4v) is 0.522. The highest BCUT2D eigenvalue weighted by molar-refractivity contribution is 6.48. The summed E-state index contributed by atoms with van der Waals surface area (Å²) in [7, 11) is 0. The highest BCUT2D eigenvalue weighted by atomic mass is 35.5. The van der Waals surface area contributed by atoms with E-state index in [2.05, 4.69) is 0 Å². The molecule has 1 unspecified atom stereocenters. The van der Waals surface area contributed by atoms with Crippen molar-refractivity contribution in [1.82, 2.24) is 0 Å². The molecule has 0 aromatic carbocycles. The van der Waals surface area contributed by atoms with Gasteiger partial charge in [-0.05, 0) is 20.8 Å². The molecule has 0 spiro atoms. The van der Waals surface area contributed by atoms with Crippen LogP contribution >= 0.6 is 23.2 Å². The van der Waals surface area contributed by atoms with Crippen LogP contribution in [0.25, 0.3) is 0 Å². The van der Waals surface area contributed by atoms with Crippen LogP contribution in [0.15, 0.2) is 0 Å². The lowest BCUT2D eigenvalue weighted by atomic mass is 10.3. The first-order valence-electron chi connectivity index (χ1n) is 2.98. The molecule has 0 aliphatic heterocycles. The number of ether oxygens (including phenoxy) is 1. The Morgan fingerprint density at radius 1 is 1.56 bits per heavy atom. The Balaban J connectivity index is 3.59. The van der Waals surface area contributed by atoms with Gasteiger partial charge in [-0.1, -0.05) is 23.2 Å². The van der Waals surface area contributed by atoms with E-state index in [1.807, 2.05) is 13.8 Å². The molecule has 56 valence electrons. The van der Waals surface area contributed by atoms with Gasteiger partial charge in [0.1, 0.15) is 4.33 Å². The lowest BCUT2D eigenvalue weighted by Crippen LogP contribution is -2.27. The lowest BCUT2D eigenvalue weighted by molar-refractivity contribution is 0.0680. The Morgan fingerprint density at radius 3 is 2.11 bits per heavy atom. The van der Waals surface area contributed by atoms with Gasteiger partial charge in [0, 0.05) is 6.61 Å². The molecular weight excluding hydrogens is 159 g/mol. The second kappa shape index (κ2) is 3.65. The molecule has 0 aliphatic carbocycles. The van der Waals surface area contributed by atoms with Gasteiger partial charge in [0.15, 0.2) is 0 Å². The van der Waals surface area contributed by atoms with Crippen LogP contribution in [-0.2, 0) is 4.74 Å². The molecule has 0 N–H and O–H groups in total. The van der Waals surface area contributed by atoms with Crippen LogP contribution in [0.2, 0.25) is 0 Å². The maximum Gasteiger partial charge on any atom is 0.141 e. The monoisotopic (exact) mass is 170 g/mol. The van der Waals surface area contributed by atoms with Crippen molar-refractivity contribution in [3.8, 4) is 0 Å². The average Bonchev–Trinajstić information content (AvgIpc) is 1.64. The Labute approximate surface area is 66.3 Å². The van der Waals surface area contributed by atoms with Crippen LogP contribution in [-0.4, -0.2) is 17.0 Å². The minimum Gasteiger partial charge on any atom is -0.376 e. The Morgan fingerprint density at radius 2 is 2.00 bits per heavy atom. The first-order valence-corrected chi connectivity index (χ1v) is 3.73. The highest BCUT2D eigenvalue weighted by Crippen LogP contribution is 2.25. The number of alkyl halides is 2. The zero-order chi connectivity index (χ0) is 7.49. The van der Waals surface area contributed by atoms with Gasteiger partial charge in [-0.3, -0.25) is 0 Å². The van der Waals surface area contributed by atoms with Crippen molar-refractivity contribution in [1.29, 1.82) is 0 Å². The summed E-state index contributed by atoms with van der Waals surface area (Å²) in [5, 5.41) is 0. The second-order valence-electron chi connectivity index (χ2n) is 2.05. The van der Waals surface area contributed by atoms with E-state index < -0.39 is 4.33 Å². The van der Waals surface area contributed by atoms with Gasteiger partial charge in [0.05, 0.1) is 6.10 Å². The minimum absolute atomic E-state index is 0.106. The van der Waals surface area contributed by atoms with Gasteiger partial charge in [-0.15, -0.1) is 0 Å². The molecule has 1 atom stereocenters. The molecule has 0 aromatic heterocycles. The van der Waals surface area contributed by atoms with Gasteiger partial charge < -0.3 is 4.74 Å². The third-order valence-electron chi connectivity index (χ3n) is 1.13. The Bertz CT molecular complexity index is 77.6. The van der Waals surface area contributed by atoms with E-state index in [1.54, 1.807) is 6.92 Å². The van der Waals surface area contributed by atoms with Crippen LogP contribution in [0.3, 0.4) is 0 Å². The van der Waals surface area contributed by atoms with Crippen molar-refractivity contribution in [2.45, 2.75) is 31.2 Å². The second-order valence-corrected chi connectivity index (χ2v) is 3.82. The van der Waals surface area contributed by atoms with Crippen LogP contribution in [0, 0.1) is 0 Å². The first kappa shape index (κ1) is 9.54. The van der Waals surface area contributed by atoms with Crippen molar-refractivity contribution in [2.75, 3.05) is 6.61 Å². The van der Waals surface area contributed by atoms with E-state index >= 15 is 0 Å². The summed E-state index contributed by atoms with van der Waals surface area (Å²) in [4.78, 5) is 0. The molecule has 0 radical (unpaired) electrons. The smallest absolute Gasteiger partial charge is 0.141 e. The summed E-state index contributed by atoms with van der Waals surface area (Å²) in [6, 6.07) is 0. The molecular formula is C6H12Cl2O. The number of rotatable bonds is 3. The molecule has 0 amide bonds. The minimum atomic E-state index is -0.768. The van der Waals surface area contributed by atoms with Gasteiger partial charge in [-0.2, -0.15) is 0 Å². The summed E-state index contributed by atoms with van der Waals surface area (Å²) in [5.41, 5.74) is 0. The van der Waals surface area contributed by atoms with Crippen molar-refractivity contribution in [2.24, 2.45) is 0 Å². The maximum absolute atomic E-state index is 5.70. The first-order chi connectivity index (χ1) is 3.98. The van der Waals surface area contributed by atoms with Crippen LogP contribution in [0.1, 0.15) is 20.8 Å². The predicted molar refractivity (Wildman–Crippen MR) is 41.2 cm³/mol. The van der Waals surface area contributed by atoms with E-state index in [0.717, 1.165) is 0 Å². The van der Waals surface area contributed by atoms with Crippen LogP contribution in [0.5, 0.6) is 0 Å². The van der Waals surface area contributed by atoms with E-state index in [-0.39, 0.29) is 6.10 Å². The maximum atomic E-state index is 5.70. The third kappa shape index (κ3) is 4.01. The summed E-state index contributed by atoms with van der Waals surface area (Å²) >= 11 is 11.4. The topological polar surface area (TPSA) is 9.23 Å². The van der Waals surface area contributed by atoms with Crippen molar-refractivity contribution >= 4 is 23.2 Å². The Kier molecular flexibility index (Phi) is 3.86. The van der Waals surface area contributed by atoms with E-state index in [4.69, 9.17) is 27.9 Å². The van der Waals surface area contributed by atoms with Crippen molar-refractivity contribution < 1.29 is 4.74 Å². The molecule has 0 heterocycles. The molecule has 9 heavy (non-hydrogen) atoms. The van der Waals surface area contributed by atoms with Crippen LogP contribution in [0.4, 0.5) is 0 Å². The average molecular weight is 171 g/mol. The normalized spacial score (nSPS) is 15.7. The van der Waals surface area contributed by atoms with Gasteiger partial charge >= 0.3 is 0 Å². The lowest BCUT2D eigenvalue weighted by Gasteiger charge is -2.21. The van der Waals surface area contributed by atoms with Crippen molar-refractivity contribution in [3.05, 3.63) is 0 Å². The zero-order valence-corrected chi connectivity index (χ0v) is 7.46. The molecule has 0 saturated carbocycles. The number of hydrogen-bond acceptors (Lipinski definition) is 1. The van der Waals surface area contributed by atoms with Crippen LogP contribution < -0.4 is 0 Å². The van der Waals surface area contributed by atoms with E-state index in [0.29, 0.717) is 6.61 Å². The fraction of sp³-hybridized carbons (Fsp3) is 1.00. The fourth-order valence-electron chi connectivity index (χ4n) is 0.396. The Hall–Kier alpha value is 0.540. The van der Waals surface area contributed by atoms with Gasteiger partial charge in [-0.25, -0.2) is 0 Å². The molecule has 0 aliphatic rings. The van der Waals surface area contributed by atoms with E-state index in [1.165, 1.54) is 0 Å². The predicted octanol–water partition coefficient (Wildman–Crippen LogP) is 2.61. The number of hydrogen-bond donors (Lipinski definition) is 0. The summed E-state index contributed by atoms with van der Waals surface area (Å²) < 4.78 is 4.37. The number of halogens is 2. The summed E-state index contributed by atoms with van der Waals surface area (Å²) in [6.07, 6.45) is -0.106. The molecule has 1 nitrogen and oxygen atoms in total. The molecule has 3 heteroatoms. The summed E-state index contributed by atoms with van der Waals surface area (Å²) in [5.74, 6) is 0. The highest BCUT2D eigenvalue weighted by Gasteiger charge is 2.25. The standard InChI is InChI=1S/C6H12Cl2O/c1-4-9-5(2)6(3,7)8/h5H,4H2,1-3H3. The van der Waals surface area contributed by atoms with Gasteiger partial charge in [0.25, 0.3) is 0 Å². The molecule has 0 fully saturated rings. The molecule has 0 aromatic rings. The third-order valence-corrected chi connectivity index (χ3v) is 1.75. The molecule has 0 bridgehead atoms. The molecule has 0 rings (SSSR count).